The second-order valence-electron chi connectivity index (χ2n) is 5.27. The Balaban J connectivity index is 1.57. The third kappa shape index (κ3) is 3.14. The Hall–Kier alpha value is -1.94. The molecule has 1 aliphatic heterocycles. The maximum Gasteiger partial charge on any atom is 0.132 e. The lowest BCUT2D eigenvalue weighted by molar-refractivity contribution is 0.249. The molecule has 1 aromatic carbocycles. The van der Waals surface area contributed by atoms with E-state index in [9.17, 15) is 0 Å². The highest BCUT2D eigenvalue weighted by Gasteiger charge is 2.18. The van der Waals surface area contributed by atoms with Crippen LogP contribution in [0.1, 0.15) is 11.3 Å². The van der Waals surface area contributed by atoms with Gasteiger partial charge in [0.15, 0.2) is 0 Å². The van der Waals surface area contributed by atoms with Crippen LogP contribution in [0.25, 0.3) is 0 Å². The highest BCUT2D eigenvalue weighted by Crippen LogP contribution is 2.15. The summed E-state index contributed by atoms with van der Waals surface area (Å²) >= 11 is 0. The summed E-state index contributed by atoms with van der Waals surface area (Å²) in [5, 5.41) is 0. The topological polar surface area (TPSA) is 32.3 Å². The molecular formula is C16H20N4. The maximum atomic E-state index is 4.37. The van der Waals surface area contributed by atoms with E-state index in [0.29, 0.717) is 0 Å². The molecule has 0 bridgehead atoms. The lowest BCUT2D eigenvalue weighted by Gasteiger charge is -2.35. The quantitative estimate of drug-likeness (QED) is 0.853. The fraction of sp³-hybridized carbons (Fsp3) is 0.375. The number of benzene rings is 1. The van der Waals surface area contributed by atoms with Crippen LogP contribution in [0.3, 0.4) is 0 Å². The first-order valence-electron chi connectivity index (χ1n) is 7.11. The second kappa shape index (κ2) is 6.01. The Labute approximate surface area is 120 Å². The number of hydrogen-bond acceptors (Lipinski definition) is 4. The monoisotopic (exact) mass is 268 g/mol. The van der Waals surface area contributed by atoms with Gasteiger partial charge in [0, 0.05) is 44.5 Å². The molecule has 1 fully saturated rings. The summed E-state index contributed by atoms with van der Waals surface area (Å²) < 4.78 is 0. The van der Waals surface area contributed by atoms with Crippen molar-refractivity contribution in [1.29, 1.82) is 0 Å². The van der Waals surface area contributed by atoms with E-state index in [2.05, 4.69) is 56.2 Å². The summed E-state index contributed by atoms with van der Waals surface area (Å²) in [6, 6.07) is 12.7. The summed E-state index contributed by atoms with van der Waals surface area (Å²) in [6.07, 6.45) is 1.65. The van der Waals surface area contributed by atoms with E-state index < -0.39 is 0 Å². The highest BCUT2D eigenvalue weighted by molar-refractivity contribution is 5.39. The Morgan fingerprint density at radius 3 is 2.45 bits per heavy atom. The van der Waals surface area contributed by atoms with Crippen LogP contribution in [-0.4, -0.2) is 41.0 Å². The lowest BCUT2D eigenvalue weighted by Crippen LogP contribution is -2.46. The summed E-state index contributed by atoms with van der Waals surface area (Å²) in [4.78, 5) is 13.4. The Kier molecular flexibility index (Phi) is 3.92. The van der Waals surface area contributed by atoms with Crippen LogP contribution < -0.4 is 4.90 Å². The van der Waals surface area contributed by atoms with Crippen LogP contribution in [0.2, 0.25) is 0 Å². The SMILES string of the molecule is Cc1cc(N2CCN(Cc3ccccc3)CC2)ncn1. The third-order valence-electron chi connectivity index (χ3n) is 3.73. The summed E-state index contributed by atoms with van der Waals surface area (Å²) in [5.74, 6) is 1.05. The van der Waals surface area contributed by atoms with Gasteiger partial charge in [0.05, 0.1) is 0 Å². The average Bonchev–Trinajstić information content (AvgIpc) is 2.49. The minimum Gasteiger partial charge on any atom is -0.354 e. The number of aromatic nitrogens is 2. The van der Waals surface area contributed by atoms with Gasteiger partial charge >= 0.3 is 0 Å². The molecular weight excluding hydrogens is 248 g/mol. The number of anilines is 1. The van der Waals surface area contributed by atoms with Gasteiger partial charge in [0.25, 0.3) is 0 Å². The van der Waals surface area contributed by atoms with E-state index in [-0.39, 0.29) is 0 Å². The van der Waals surface area contributed by atoms with E-state index in [0.717, 1.165) is 44.2 Å². The summed E-state index contributed by atoms with van der Waals surface area (Å²) in [6.45, 7) is 7.27. The van der Waals surface area contributed by atoms with Crippen LogP contribution >= 0.6 is 0 Å². The fourth-order valence-corrected chi connectivity index (χ4v) is 2.59. The molecule has 1 aromatic heterocycles. The molecule has 3 rings (SSSR count). The molecule has 0 amide bonds. The van der Waals surface area contributed by atoms with E-state index in [1.165, 1.54) is 5.56 Å². The average molecular weight is 268 g/mol. The first kappa shape index (κ1) is 13.1. The van der Waals surface area contributed by atoms with Crippen molar-refractivity contribution in [2.75, 3.05) is 31.1 Å². The zero-order valence-corrected chi connectivity index (χ0v) is 11.9. The van der Waals surface area contributed by atoms with Crippen molar-refractivity contribution >= 4 is 5.82 Å². The molecule has 104 valence electrons. The molecule has 20 heavy (non-hydrogen) atoms. The molecule has 1 aliphatic rings. The van der Waals surface area contributed by atoms with Gasteiger partial charge in [0.1, 0.15) is 12.1 Å². The predicted molar refractivity (Wildman–Crippen MR) is 80.7 cm³/mol. The standard InChI is InChI=1S/C16H20N4/c1-14-11-16(18-13-17-14)20-9-7-19(8-10-20)12-15-5-3-2-4-6-15/h2-6,11,13H,7-10,12H2,1H3. The zero-order valence-electron chi connectivity index (χ0n) is 11.9. The van der Waals surface area contributed by atoms with Crippen LogP contribution in [0.15, 0.2) is 42.7 Å². The normalized spacial score (nSPS) is 16.4. The van der Waals surface area contributed by atoms with Crippen molar-refractivity contribution in [3.8, 4) is 0 Å². The Bertz CT molecular complexity index is 547. The van der Waals surface area contributed by atoms with Crippen molar-refractivity contribution in [2.45, 2.75) is 13.5 Å². The molecule has 1 saturated heterocycles. The smallest absolute Gasteiger partial charge is 0.132 e. The molecule has 0 spiro atoms. The van der Waals surface area contributed by atoms with Gasteiger partial charge in [0.2, 0.25) is 0 Å². The van der Waals surface area contributed by atoms with Crippen LogP contribution in [0.4, 0.5) is 5.82 Å². The minimum absolute atomic E-state index is 1.03. The van der Waals surface area contributed by atoms with Gasteiger partial charge in [-0.25, -0.2) is 9.97 Å². The first-order valence-corrected chi connectivity index (χ1v) is 7.11. The van der Waals surface area contributed by atoms with Gasteiger partial charge in [-0.15, -0.1) is 0 Å². The molecule has 4 nitrogen and oxygen atoms in total. The maximum absolute atomic E-state index is 4.37. The molecule has 4 heteroatoms. The number of aryl methyl sites for hydroxylation is 1. The lowest BCUT2D eigenvalue weighted by atomic mass is 10.2. The molecule has 0 radical (unpaired) electrons. The molecule has 2 aromatic rings. The number of nitrogens with zero attached hydrogens (tertiary/aromatic N) is 4. The molecule has 0 saturated carbocycles. The van der Waals surface area contributed by atoms with Crippen molar-refractivity contribution in [2.24, 2.45) is 0 Å². The predicted octanol–water partition coefficient (Wildman–Crippen LogP) is 2.11. The Morgan fingerprint density at radius 1 is 1.00 bits per heavy atom. The van der Waals surface area contributed by atoms with Crippen molar-refractivity contribution in [3.63, 3.8) is 0 Å². The zero-order chi connectivity index (χ0) is 13.8. The first-order chi connectivity index (χ1) is 9.81. The van der Waals surface area contributed by atoms with Gasteiger partial charge in [-0.05, 0) is 12.5 Å². The highest BCUT2D eigenvalue weighted by atomic mass is 15.3. The van der Waals surface area contributed by atoms with Gasteiger partial charge in [-0.1, -0.05) is 30.3 Å². The van der Waals surface area contributed by atoms with Gasteiger partial charge in [-0.3, -0.25) is 4.90 Å². The van der Waals surface area contributed by atoms with E-state index in [4.69, 9.17) is 0 Å². The third-order valence-corrected chi connectivity index (χ3v) is 3.73. The fourth-order valence-electron chi connectivity index (χ4n) is 2.59. The minimum atomic E-state index is 1.03. The Morgan fingerprint density at radius 2 is 1.75 bits per heavy atom. The van der Waals surface area contributed by atoms with Crippen LogP contribution in [0, 0.1) is 6.92 Å². The number of hydrogen-bond donors (Lipinski definition) is 0. The van der Waals surface area contributed by atoms with Crippen molar-refractivity contribution < 1.29 is 0 Å². The molecule has 0 unspecified atom stereocenters. The molecule has 0 N–H and O–H groups in total. The second-order valence-corrected chi connectivity index (χ2v) is 5.27. The summed E-state index contributed by atoms with van der Waals surface area (Å²) in [5.41, 5.74) is 2.42. The van der Waals surface area contributed by atoms with Gasteiger partial charge in [-0.2, -0.15) is 0 Å². The molecule has 2 heterocycles. The summed E-state index contributed by atoms with van der Waals surface area (Å²) in [7, 11) is 0. The number of rotatable bonds is 3. The van der Waals surface area contributed by atoms with E-state index in [1.54, 1.807) is 6.33 Å². The van der Waals surface area contributed by atoms with Crippen molar-refractivity contribution in [3.05, 3.63) is 54.0 Å². The van der Waals surface area contributed by atoms with E-state index in [1.807, 2.05) is 6.92 Å². The van der Waals surface area contributed by atoms with E-state index >= 15 is 0 Å². The largest absolute Gasteiger partial charge is 0.354 e. The van der Waals surface area contributed by atoms with Gasteiger partial charge < -0.3 is 4.90 Å². The van der Waals surface area contributed by atoms with Crippen LogP contribution in [-0.2, 0) is 6.54 Å². The van der Waals surface area contributed by atoms with Crippen LogP contribution in [0.5, 0.6) is 0 Å². The van der Waals surface area contributed by atoms with Crippen molar-refractivity contribution in [1.82, 2.24) is 14.9 Å². The number of piperazine rings is 1. The molecule has 0 atom stereocenters. The molecule has 0 aliphatic carbocycles.